The van der Waals surface area contributed by atoms with Gasteiger partial charge in [-0.05, 0) is 25.3 Å². The number of hydrogen-bond acceptors (Lipinski definition) is 3. The molecule has 16 heavy (non-hydrogen) atoms. The highest BCUT2D eigenvalue weighted by Crippen LogP contribution is 2.15. The standard InChI is InChI=1S/C12H20N2O2/c1-5-7-16-12(15)11-8-10(9(3)4)13-14(11)6-2/h8-9H,5-7H2,1-4H3. The third-order valence-corrected chi connectivity index (χ3v) is 2.34. The van der Waals surface area contributed by atoms with E-state index in [2.05, 4.69) is 18.9 Å². The third kappa shape index (κ3) is 2.84. The van der Waals surface area contributed by atoms with E-state index in [1.54, 1.807) is 4.68 Å². The van der Waals surface area contributed by atoms with Crippen LogP contribution in [-0.4, -0.2) is 22.4 Å². The molecule has 1 heterocycles. The lowest BCUT2D eigenvalue weighted by Crippen LogP contribution is -2.12. The Morgan fingerprint density at radius 1 is 1.50 bits per heavy atom. The van der Waals surface area contributed by atoms with Gasteiger partial charge in [-0.2, -0.15) is 5.10 Å². The smallest absolute Gasteiger partial charge is 0.356 e. The molecule has 4 heteroatoms. The fourth-order valence-corrected chi connectivity index (χ4v) is 1.39. The first-order valence-corrected chi connectivity index (χ1v) is 5.85. The van der Waals surface area contributed by atoms with Crippen molar-refractivity contribution in [1.82, 2.24) is 9.78 Å². The van der Waals surface area contributed by atoms with Gasteiger partial charge in [-0.3, -0.25) is 4.68 Å². The van der Waals surface area contributed by atoms with E-state index in [0.29, 0.717) is 24.8 Å². The van der Waals surface area contributed by atoms with Crippen LogP contribution >= 0.6 is 0 Å². The summed E-state index contributed by atoms with van der Waals surface area (Å²) in [4.78, 5) is 11.7. The van der Waals surface area contributed by atoms with Crippen molar-refractivity contribution in [2.45, 2.75) is 46.6 Å². The average molecular weight is 224 g/mol. The van der Waals surface area contributed by atoms with E-state index >= 15 is 0 Å². The molecule has 0 bridgehead atoms. The number of hydrogen-bond donors (Lipinski definition) is 0. The SMILES string of the molecule is CCCOC(=O)c1cc(C(C)C)nn1CC. The number of rotatable bonds is 5. The minimum absolute atomic E-state index is 0.275. The second-order valence-electron chi connectivity index (χ2n) is 4.06. The first-order valence-electron chi connectivity index (χ1n) is 5.85. The summed E-state index contributed by atoms with van der Waals surface area (Å²) in [7, 11) is 0. The predicted molar refractivity (Wildman–Crippen MR) is 62.6 cm³/mol. The van der Waals surface area contributed by atoms with E-state index in [9.17, 15) is 4.79 Å². The summed E-state index contributed by atoms with van der Waals surface area (Å²) < 4.78 is 6.81. The molecule has 4 nitrogen and oxygen atoms in total. The van der Waals surface area contributed by atoms with Crippen LogP contribution in [0.2, 0.25) is 0 Å². The molecule has 1 aromatic rings. The molecule has 0 aromatic carbocycles. The maximum Gasteiger partial charge on any atom is 0.356 e. The van der Waals surface area contributed by atoms with E-state index in [0.717, 1.165) is 12.1 Å². The van der Waals surface area contributed by atoms with Gasteiger partial charge < -0.3 is 4.74 Å². The highest BCUT2D eigenvalue weighted by atomic mass is 16.5. The zero-order valence-electron chi connectivity index (χ0n) is 10.5. The molecule has 90 valence electrons. The Labute approximate surface area is 96.6 Å². The second-order valence-corrected chi connectivity index (χ2v) is 4.06. The van der Waals surface area contributed by atoms with Crippen LogP contribution in [0.3, 0.4) is 0 Å². The zero-order valence-corrected chi connectivity index (χ0v) is 10.5. The molecule has 0 aliphatic rings. The van der Waals surface area contributed by atoms with Gasteiger partial charge in [-0.15, -0.1) is 0 Å². The van der Waals surface area contributed by atoms with E-state index < -0.39 is 0 Å². The highest BCUT2D eigenvalue weighted by molar-refractivity contribution is 5.87. The summed E-state index contributed by atoms with van der Waals surface area (Å²) in [5.74, 6) is 0.0497. The van der Waals surface area contributed by atoms with Crippen molar-refractivity contribution >= 4 is 5.97 Å². The third-order valence-electron chi connectivity index (χ3n) is 2.34. The van der Waals surface area contributed by atoms with Crippen molar-refractivity contribution in [2.75, 3.05) is 6.61 Å². The maximum absolute atomic E-state index is 11.7. The van der Waals surface area contributed by atoms with Crippen LogP contribution in [0.4, 0.5) is 0 Å². The first kappa shape index (κ1) is 12.7. The largest absolute Gasteiger partial charge is 0.461 e. The van der Waals surface area contributed by atoms with Gasteiger partial charge in [0.1, 0.15) is 5.69 Å². The van der Waals surface area contributed by atoms with Crippen molar-refractivity contribution in [3.8, 4) is 0 Å². The van der Waals surface area contributed by atoms with Gasteiger partial charge in [-0.1, -0.05) is 20.8 Å². The van der Waals surface area contributed by atoms with E-state index in [1.807, 2.05) is 19.9 Å². The van der Waals surface area contributed by atoms with Gasteiger partial charge >= 0.3 is 5.97 Å². The van der Waals surface area contributed by atoms with Crippen LogP contribution in [0, 0.1) is 0 Å². The fourth-order valence-electron chi connectivity index (χ4n) is 1.39. The topological polar surface area (TPSA) is 44.1 Å². The van der Waals surface area contributed by atoms with Crippen LogP contribution in [0.25, 0.3) is 0 Å². The number of carbonyl (C=O) groups excluding carboxylic acids is 1. The molecule has 0 aliphatic heterocycles. The molecule has 0 atom stereocenters. The van der Waals surface area contributed by atoms with E-state index in [1.165, 1.54) is 0 Å². The van der Waals surface area contributed by atoms with Gasteiger partial charge in [0.2, 0.25) is 0 Å². The van der Waals surface area contributed by atoms with Crippen LogP contribution in [0.15, 0.2) is 6.07 Å². The number of ether oxygens (including phenoxy) is 1. The summed E-state index contributed by atoms with van der Waals surface area (Å²) in [6.07, 6.45) is 0.836. The summed E-state index contributed by atoms with van der Waals surface area (Å²) >= 11 is 0. The van der Waals surface area contributed by atoms with Crippen molar-refractivity contribution in [1.29, 1.82) is 0 Å². The van der Waals surface area contributed by atoms with Crippen LogP contribution in [0.5, 0.6) is 0 Å². The van der Waals surface area contributed by atoms with Crippen LogP contribution < -0.4 is 0 Å². The summed E-state index contributed by atoms with van der Waals surface area (Å²) in [6.45, 7) is 9.21. The van der Waals surface area contributed by atoms with Crippen LogP contribution in [-0.2, 0) is 11.3 Å². The maximum atomic E-state index is 11.7. The lowest BCUT2D eigenvalue weighted by Gasteiger charge is -2.04. The molecule has 1 rings (SSSR count). The Hall–Kier alpha value is -1.32. The molecule has 0 saturated heterocycles. The van der Waals surface area contributed by atoms with E-state index in [-0.39, 0.29) is 5.97 Å². The lowest BCUT2D eigenvalue weighted by atomic mass is 10.1. The molecule has 0 amide bonds. The number of nitrogens with zero attached hydrogens (tertiary/aromatic N) is 2. The minimum Gasteiger partial charge on any atom is -0.461 e. The van der Waals surface area contributed by atoms with Crippen molar-refractivity contribution in [3.63, 3.8) is 0 Å². The van der Waals surface area contributed by atoms with Crippen molar-refractivity contribution < 1.29 is 9.53 Å². The molecule has 0 saturated carbocycles. The number of carbonyl (C=O) groups is 1. The molecular formula is C12H20N2O2. The summed E-state index contributed by atoms with van der Waals surface area (Å²) in [6, 6.07) is 1.83. The lowest BCUT2D eigenvalue weighted by molar-refractivity contribution is 0.0491. The Balaban J connectivity index is 2.89. The summed E-state index contributed by atoms with van der Waals surface area (Å²) in [5.41, 5.74) is 1.49. The molecular weight excluding hydrogens is 204 g/mol. The van der Waals surface area contributed by atoms with Gasteiger partial charge in [0, 0.05) is 6.54 Å². The predicted octanol–water partition coefficient (Wildman–Crippen LogP) is 2.59. The Kier molecular flexibility index (Phi) is 4.52. The van der Waals surface area contributed by atoms with Gasteiger partial charge in [0.25, 0.3) is 0 Å². The highest BCUT2D eigenvalue weighted by Gasteiger charge is 2.16. The Morgan fingerprint density at radius 3 is 2.69 bits per heavy atom. The number of esters is 1. The molecule has 0 aliphatic carbocycles. The number of aromatic nitrogens is 2. The monoisotopic (exact) mass is 224 g/mol. The van der Waals surface area contributed by atoms with Gasteiger partial charge in [-0.25, -0.2) is 4.79 Å². The molecule has 0 radical (unpaired) electrons. The molecule has 0 N–H and O–H groups in total. The van der Waals surface area contributed by atoms with Crippen LogP contribution in [0.1, 0.15) is 56.2 Å². The average Bonchev–Trinajstić information content (AvgIpc) is 2.69. The Bertz CT molecular complexity index is 356. The first-order chi connectivity index (χ1) is 7.60. The van der Waals surface area contributed by atoms with Crippen molar-refractivity contribution in [3.05, 3.63) is 17.5 Å². The Morgan fingerprint density at radius 2 is 2.19 bits per heavy atom. The van der Waals surface area contributed by atoms with E-state index in [4.69, 9.17) is 4.74 Å². The molecule has 1 aromatic heterocycles. The quantitative estimate of drug-likeness (QED) is 0.722. The van der Waals surface area contributed by atoms with Crippen molar-refractivity contribution in [2.24, 2.45) is 0 Å². The molecule has 0 fully saturated rings. The normalized spacial score (nSPS) is 10.8. The summed E-state index contributed by atoms with van der Waals surface area (Å²) in [5, 5.41) is 4.37. The zero-order chi connectivity index (χ0) is 12.1. The second kappa shape index (κ2) is 5.68. The van der Waals surface area contributed by atoms with Gasteiger partial charge in [0.05, 0.1) is 12.3 Å². The molecule has 0 unspecified atom stereocenters. The number of aryl methyl sites for hydroxylation is 1. The van der Waals surface area contributed by atoms with Gasteiger partial charge in [0.15, 0.2) is 0 Å². The molecule has 0 spiro atoms. The fraction of sp³-hybridized carbons (Fsp3) is 0.667. The minimum atomic E-state index is -0.275.